The number of carboxylic acid groups (broad SMARTS) is 1. The third kappa shape index (κ3) is 2.91. The molecular formula is C16H13BrO2S. The van der Waals surface area contributed by atoms with Gasteiger partial charge >= 0.3 is 5.97 Å². The average molecular weight is 349 g/mol. The molecule has 102 valence electrons. The van der Waals surface area contributed by atoms with Gasteiger partial charge in [0.25, 0.3) is 0 Å². The SMILES string of the molecule is O=C(O)c1ccc(Br)cc1SC1CC1c1ccccc1. The summed E-state index contributed by atoms with van der Waals surface area (Å²) in [6.07, 6.45) is 1.11. The Bertz CT molecular complexity index is 642. The van der Waals surface area contributed by atoms with E-state index in [9.17, 15) is 9.90 Å². The second-order valence-electron chi connectivity index (χ2n) is 4.85. The van der Waals surface area contributed by atoms with Gasteiger partial charge in [-0.15, -0.1) is 11.8 Å². The zero-order valence-corrected chi connectivity index (χ0v) is 13.0. The molecular weight excluding hydrogens is 336 g/mol. The maximum Gasteiger partial charge on any atom is 0.336 e. The van der Waals surface area contributed by atoms with Gasteiger partial charge in [-0.3, -0.25) is 0 Å². The van der Waals surface area contributed by atoms with E-state index in [0.29, 0.717) is 16.7 Å². The van der Waals surface area contributed by atoms with Crippen molar-refractivity contribution in [2.75, 3.05) is 0 Å². The predicted octanol–water partition coefficient (Wildman–Crippen LogP) is 4.80. The van der Waals surface area contributed by atoms with Crippen LogP contribution in [-0.4, -0.2) is 16.3 Å². The minimum Gasteiger partial charge on any atom is -0.478 e. The fourth-order valence-electron chi connectivity index (χ4n) is 2.29. The molecule has 20 heavy (non-hydrogen) atoms. The van der Waals surface area contributed by atoms with Crippen molar-refractivity contribution in [2.24, 2.45) is 0 Å². The summed E-state index contributed by atoms with van der Waals surface area (Å²) in [4.78, 5) is 12.1. The summed E-state index contributed by atoms with van der Waals surface area (Å²) in [5.41, 5.74) is 1.73. The van der Waals surface area contributed by atoms with Gasteiger partial charge in [0, 0.05) is 14.6 Å². The number of hydrogen-bond donors (Lipinski definition) is 1. The number of thioether (sulfide) groups is 1. The molecule has 0 bridgehead atoms. The molecule has 2 nitrogen and oxygen atoms in total. The monoisotopic (exact) mass is 348 g/mol. The fourth-order valence-corrected chi connectivity index (χ4v) is 4.23. The lowest BCUT2D eigenvalue weighted by atomic mass is 10.1. The van der Waals surface area contributed by atoms with Crippen molar-refractivity contribution in [3.8, 4) is 0 Å². The summed E-state index contributed by atoms with van der Waals surface area (Å²) in [5.74, 6) is -0.321. The highest BCUT2D eigenvalue weighted by Crippen LogP contribution is 2.52. The minimum absolute atomic E-state index is 0.386. The van der Waals surface area contributed by atoms with Crippen molar-refractivity contribution in [3.63, 3.8) is 0 Å². The molecule has 1 aliphatic rings. The van der Waals surface area contributed by atoms with E-state index in [1.807, 2.05) is 12.1 Å². The summed E-state index contributed by atoms with van der Waals surface area (Å²) in [7, 11) is 0. The molecule has 1 saturated carbocycles. The van der Waals surface area contributed by atoms with E-state index < -0.39 is 5.97 Å². The molecule has 0 aromatic heterocycles. The van der Waals surface area contributed by atoms with Gasteiger partial charge in [0.1, 0.15) is 0 Å². The molecule has 2 unspecified atom stereocenters. The summed E-state index contributed by atoms with van der Waals surface area (Å²) in [6, 6.07) is 15.7. The normalized spacial score (nSPS) is 20.6. The maximum absolute atomic E-state index is 11.3. The highest BCUT2D eigenvalue weighted by molar-refractivity contribution is 9.10. The third-order valence-electron chi connectivity index (χ3n) is 3.41. The lowest BCUT2D eigenvalue weighted by molar-refractivity contribution is 0.0693. The van der Waals surface area contributed by atoms with Crippen LogP contribution in [0.4, 0.5) is 0 Å². The molecule has 0 aliphatic heterocycles. The third-order valence-corrected chi connectivity index (χ3v) is 5.32. The van der Waals surface area contributed by atoms with Gasteiger partial charge in [0.2, 0.25) is 0 Å². The van der Waals surface area contributed by atoms with Crippen LogP contribution >= 0.6 is 27.7 Å². The smallest absolute Gasteiger partial charge is 0.336 e. The van der Waals surface area contributed by atoms with Crippen LogP contribution in [0.25, 0.3) is 0 Å². The van der Waals surface area contributed by atoms with Crippen molar-refractivity contribution in [2.45, 2.75) is 22.5 Å². The standard InChI is InChI=1S/C16H13BrO2S/c17-11-6-7-12(16(18)19)14(8-11)20-15-9-13(15)10-4-2-1-3-5-10/h1-8,13,15H,9H2,(H,18,19). The van der Waals surface area contributed by atoms with E-state index in [4.69, 9.17) is 0 Å². The number of halogens is 1. The van der Waals surface area contributed by atoms with Crippen LogP contribution in [0.15, 0.2) is 57.9 Å². The van der Waals surface area contributed by atoms with E-state index >= 15 is 0 Å². The van der Waals surface area contributed by atoms with E-state index in [1.54, 1.807) is 23.9 Å². The van der Waals surface area contributed by atoms with Crippen LogP contribution in [0.2, 0.25) is 0 Å². The Morgan fingerprint density at radius 2 is 1.95 bits per heavy atom. The fraction of sp³-hybridized carbons (Fsp3) is 0.188. The Balaban J connectivity index is 1.77. The molecule has 3 rings (SSSR count). The van der Waals surface area contributed by atoms with Crippen molar-refractivity contribution in [1.29, 1.82) is 0 Å². The first-order valence-electron chi connectivity index (χ1n) is 6.39. The first-order chi connectivity index (χ1) is 9.65. The van der Waals surface area contributed by atoms with Crippen LogP contribution in [-0.2, 0) is 0 Å². The lowest BCUT2D eigenvalue weighted by Gasteiger charge is -2.06. The molecule has 4 heteroatoms. The van der Waals surface area contributed by atoms with Gasteiger partial charge in [-0.05, 0) is 36.1 Å². The summed E-state index contributed by atoms with van der Waals surface area (Å²) in [6.45, 7) is 0. The Hall–Kier alpha value is -1.26. The Morgan fingerprint density at radius 3 is 2.65 bits per heavy atom. The first-order valence-corrected chi connectivity index (χ1v) is 8.07. The number of aromatic carboxylic acids is 1. The number of carbonyl (C=O) groups is 1. The first kappa shape index (κ1) is 13.7. The van der Waals surface area contributed by atoms with Gasteiger partial charge in [-0.1, -0.05) is 46.3 Å². The largest absolute Gasteiger partial charge is 0.478 e. The zero-order chi connectivity index (χ0) is 14.1. The minimum atomic E-state index is -0.864. The highest BCUT2D eigenvalue weighted by Gasteiger charge is 2.39. The average Bonchev–Trinajstić information content (AvgIpc) is 3.19. The van der Waals surface area contributed by atoms with E-state index in [1.165, 1.54) is 5.56 Å². The van der Waals surface area contributed by atoms with Crippen LogP contribution in [0, 0.1) is 0 Å². The van der Waals surface area contributed by atoms with E-state index in [2.05, 4.69) is 40.2 Å². The van der Waals surface area contributed by atoms with Gasteiger partial charge in [-0.2, -0.15) is 0 Å². The molecule has 0 amide bonds. The van der Waals surface area contributed by atoms with Crippen molar-refractivity contribution in [1.82, 2.24) is 0 Å². The van der Waals surface area contributed by atoms with Crippen LogP contribution in [0.5, 0.6) is 0 Å². The van der Waals surface area contributed by atoms with Crippen LogP contribution < -0.4 is 0 Å². The quantitative estimate of drug-likeness (QED) is 0.862. The highest BCUT2D eigenvalue weighted by atomic mass is 79.9. The Morgan fingerprint density at radius 1 is 1.20 bits per heavy atom. The molecule has 0 saturated heterocycles. The van der Waals surface area contributed by atoms with E-state index in [-0.39, 0.29) is 0 Å². The van der Waals surface area contributed by atoms with Crippen LogP contribution in [0.3, 0.4) is 0 Å². The summed E-state index contributed by atoms with van der Waals surface area (Å²) < 4.78 is 0.918. The molecule has 1 N–H and O–H groups in total. The van der Waals surface area contributed by atoms with Crippen LogP contribution in [0.1, 0.15) is 28.3 Å². The molecule has 1 aliphatic carbocycles. The maximum atomic E-state index is 11.3. The number of benzene rings is 2. The predicted molar refractivity (Wildman–Crippen MR) is 84.5 cm³/mol. The van der Waals surface area contributed by atoms with Gasteiger partial charge in [0.05, 0.1) is 5.56 Å². The van der Waals surface area contributed by atoms with Crippen molar-refractivity contribution < 1.29 is 9.90 Å². The topological polar surface area (TPSA) is 37.3 Å². The second kappa shape index (κ2) is 5.62. The van der Waals surface area contributed by atoms with Gasteiger partial charge < -0.3 is 5.11 Å². The lowest BCUT2D eigenvalue weighted by Crippen LogP contribution is -1.99. The molecule has 2 atom stereocenters. The molecule has 2 aromatic rings. The van der Waals surface area contributed by atoms with Crippen molar-refractivity contribution in [3.05, 3.63) is 64.1 Å². The molecule has 0 radical (unpaired) electrons. The Labute approximate surface area is 130 Å². The summed E-state index contributed by atoms with van der Waals surface area (Å²) >= 11 is 5.08. The molecule has 0 heterocycles. The molecule has 1 fully saturated rings. The van der Waals surface area contributed by atoms with Gasteiger partial charge in [-0.25, -0.2) is 4.79 Å². The van der Waals surface area contributed by atoms with E-state index in [0.717, 1.165) is 15.8 Å². The molecule has 2 aromatic carbocycles. The number of hydrogen-bond acceptors (Lipinski definition) is 2. The number of rotatable bonds is 4. The Kier molecular flexibility index (Phi) is 3.85. The van der Waals surface area contributed by atoms with Gasteiger partial charge in [0.15, 0.2) is 0 Å². The van der Waals surface area contributed by atoms with Crippen molar-refractivity contribution >= 4 is 33.7 Å². The zero-order valence-electron chi connectivity index (χ0n) is 10.6. The summed E-state index contributed by atoms with van der Waals surface area (Å²) in [5, 5.41) is 9.72. The number of carboxylic acids is 1. The second-order valence-corrected chi connectivity index (χ2v) is 7.05. The molecule has 0 spiro atoms.